The summed E-state index contributed by atoms with van der Waals surface area (Å²) in [6, 6.07) is 4.04. The lowest BCUT2D eigenvalue weighted by molar-refractivity contribution is 0.196. The van der Waals surface area contributed by atoms with Gasteiger partial charge in [0.2, 0.25) is 0 Å². The minimum atomic E-state index is 0.775. The quantitative estimate of drug-likeness (QED) is 0.674. The van der Waals surface area contributed by atoms with E-state index in [1.54, 1.807) is 7.11 Å². The van der Waals surface area contributed by atoms with Crippen molar-refractivity contribution >= 4 is 5.82 Å². The van der Waals surface area contributed by atoms with Gasteiger partial charge in [-0.25, -0.2) is 0 Å². The summed E-state index contributed by atoms with van der Waals surface area (Å²) in [4.78, 5) is 2.09. The summed E-state index contributed by atoms with van der Waals surface area (Å²) >= 11 is 0. The molecule has 0 aliphatic carbocycles. The Hall–Kier alpha value is -1.20. The molecule has 0 fully saturated rings. The lowest BCUT2D eigenvalue weighted by Crippen LogP contribution is -2.22. The maximum Gasteiger partial charge on any atom is 0.150 e. The molecule has 102 valence electrons. The van der Waals surface area contributed by atoms with Gasteiger partial charge in [-0.2, -0.15) is 5.10 Å². The standard InChI is InChI=1S/C13H24N4O/c1-4-8-14-11-12-6-7-13(16-15-12)17(2)9-5-10-18-3/h6-7,14H,4-5,8-11H2,1-3H3. The number of hydrogen-bond donors (Lipinski definition) is 1. The van der Waals surface area contributed by atoms with Gasteiger partial charge in [-0.1, -0.05) is 6.92 Å². The molecule has 0 amide bonds. The van der Waals surface area contributed by atoms with Gasteiger partial charge < -0.3 is 15.0 Å². The fourth-order valence-corrected chi connectivity index (χ4v) is 1.60. The zero-order chi connectivity index (χ0) is 13.2. The fourth-order valence-electron chi connectivity index (χ4n) is 1.60. The van der Waals surface area contributed by atoms with Crippen LogP contribution in [0.15, 0.2) is 12.1 Å². The van der Waals surface area contributed by atoms with E-state index in [1.165, 1.54) is 0 Å². The Morgan fingerprint density at radius 1 is 1.33 bits per heavy atom. The van der Waals surface area contributed by atoms with Crippen LogP contribution >= 0.6 is 0 Å². The van der Waals surface area contributed by atoms with Crippen LogP contribution in [0.25, 0.3) is 0 Å². The molecule has 0 saturated heterocycles. The van der Waals surface area contributed by atoms with Crippen LogP contribution < -0.4 is 10.2 Å². The summed E-state index contributed by atoms with van der Waals surface area (Å²) in [6.45, 7) is 5.65. The van der Waals surface area contributed by atoms with Crippen LogP contribution in [0.3, 0.4) is 0 Å². The third kappa shape index (κ3) is 5.42. The molecule has 0 radical (unpaired) electrons. The first-order valence-electron chi connectivity index (χ1n) is 6.51. The molecule has 18 heavy (non-hydrogen) atoms. The Morgan fingerprint density at radius 2 is 2.17 bits per heavy atom. The molecule has 0 atom stereocenters. The second kappa shape index (κ2) is 8.83. The van der Waals surface area contributed by atoms with E-state index in [9.17, 15) is 0 Å². The number of anilines is 1. The molecular formula is C13H24N4O. The van der Waals surface area contributed by atoms with Gasteiger partial charge in [0, 0.05) is 33.9 Å². The van der Waals surface area contributed by atoms with Gasteiger partial charge >= 0.3 is 0 Å². The number of nitrogens with zero attached hydrogens (tertiary/aromatic N) is 3. The molecule has 1 aromatic heterocycles. The predicted octanol–water partition coefficient (Wildman–Crippen LogP) is 1.45. The molecule has 1 heterocycles. The third-order valence-corrected chi connectivity index (χ3v) is 2.67. The molecule has 5 nitrogen and oxygen atoms in total. The molecule has 1 aromatic rings. The first-order chi connectivity index (χ1) is 8.77. The topological polar surface area (TPSA) is 50.3 Å². The molecule has 0 aliphatic heterocycles. The minimum absolute atomic E-state index is 0.775. The third-order valence-electron chi connectivity index (χ3n) is 2.67. The van der Waals surface area contributed by atoms with Crippen molar-refractivity contribution in [1.29, 1.82) is 0 Å². The highest BCUT2D eigenvalue weighted by atomic mass is 16.5. The van der Waals surface area contributed by atoms with Crippen molar-refractivity contribution < 1.29 is 4.74 Å². The van der Waals surface area contributed by atoms with Crippen molar-refractivity contribution in [2.75, 3.05) is 38.8 Å². The number of nitrogens with one attached hydrogen (secondary N) is 1. The SMILES string of the molecule is CCCNCc1ccc(N(C)CCCOC)nn1. The molecule has 0 spiro atoms. The first kappa shape index (κ1) is 14.9. The average molecular weight is 252 g/mol. The number of rotatable bonds is 9. The molecule has 0 aromatic carbocycles. The first-order valence-corrected chi connectivity index (χ1v) is 6.51. The van der Waals surface area contributed by atoms with E-state index in [4.69, 9.17) is 4.74 Å². The van der Waals surface area contributed by atoms with Crippen molar-refractivity contribution in [3.8, 4) is 0 Å². The Morgan fingerprint density at radius 3 is 2.78 bits per heavy atom. The van der Waals surface area contributed by atoms with Crippen LogP contribution in [0.1, 0.15) is 25.5 Å². The highest BCUT2D eigenvalue weighted by Crippen LogP contribution is 2.07. The summed E-state index contributed by atoms with van der Waals surface area (Å²) < 4.78 is 5.03. The van der Waals surface area contributed by atoms with Gasteiger partial charge in [0.05, 0.1) is 5.69 Å². The van der Waals surface area contributed by atoms with Crippen LogP contribution in [0.5, 0.6) is 0 Å². The summed E-state index contributed by atoms with van der Waals surface area (Å²) in [7, 11) is 3.74. The predicted molar refractivity (Wildman–Crippen MR) is 73.8 cm³/mol. The maximum absolute atomic E-state index is 5.03. The van der Waals surface area contributed by atoms with E-state index in [-0.39, 0.29) is 0 Å². The Bertz CT molecular complexity index is 315. The van der Waals surface area contributed by atoms with Gasteiger partial charge in [0.1, 0.15) is 0 Å². The minimum Gasteiger partial charge on any atom is -0.385 e. The van der Waals surface area contributed by atoms with E-state index < -0.39 is 0 Å². The fraction of sp³-hybridized carbons (Fsp3) is 0.692. The van der Waals surface area contributed by atoms with E-state index >= 15 is 0 Å². The summed E-state index contributed by atoms with van der Waals surface area (Å²) in [5.74, 6) is 0.908. The number of hydrogen-bond acceptors (Lipinski definition) is 5. The molecule has 1 N–H and O–H groups in total. The van der Waals surface area contributed by atoms with Gasteiger partial charge in [0.15, 0.2) is 5.82 Å². The van der Waals surface area contributed by atoms with Crippen LogP contribution in [-0.4, -0.2) is 44.1 Å². The second-order valence-electron chi connectivity index (χ2n) is 4.33. The molecular weight excluding hydrogens is 228 g/mol. The highest BCUT2D eigenvalue weighted by Gasteiger charge is 2.03. The zero-order valence-corrected chi connectivity index (χ0v) is 11.6. The molecule has 1 rings (SSSR count). The largest absolute Gasteiger partial charge is 0.385 e. The average Bonchev–Trinajstić information content (AvgIpc) is 2.40. The van der Waals surface area contributed by atoms with Crippen molar-refractivity contribution in [2.24, 2.45) is 0 Å². The summed E-state index contributed by atoms with van der Waals surface area (Å²) in [5.41, 5.74) is 0.984. The Labute approximate surface area is 110 Å². The summed E-state index contributed by atoms with van der Waals surface area (Å²) in [5, 5.41) is 11.8. The van der Waals surface area contributed by atoms with Crippen molar-refractivity contribution in [3.05, 3.63) is 17.8 Å². The molecule has 0 unspecified atom stereocenters. The zero-order valence-electron chi connectivity index (χ0n) is 11.6. The molecule has 0 bridgehead atoms. The van der Waals surface area contributed by atoms with E-state index in [1.807, 2.05) is 19.2 Å². The van der Waals surface area contributed by atoms with Crippen molar-refractivity contribution in [2.45, 2.75) is 26.3 Å². The van der Waals surface area contributed by atoms with E-state index in [2.05, 4.69) is 27.3 Å². The van der Waals surface area contributed by atoms with Crippen LogP contribution in [0.4, 0.5) is 5.82 Å². The van der Waals surface area contributed by atoms with Crippen LogP contribution in [-0.2, 0) is 11.3 Å². The van der Waals surface area contributed by atoms with Gasteiger partial charge in [-0.3, -0.25) is 0 Å². The van der Waals surface area contributed by atoms with Gasteiger partial charge in [-0.15, -0.1) is 5.10 Å². The summed E-state index contributed by atoms with van der Waals surface area (Å²) in [6.07, 6.45) is 2.13. The second-order valence-corrected chi connectivity index (χ2v) is 4.33. The lowest BCUT2D eigenvalue weighted by Gasteiger charge is -2.17. The highest BCUT2D eigenvalue weighted by molar-refractivity contribution is 5.35. The lowest BCUT2D eigenvalue weighted by atomic mass is 10.3. The molecule has 0 aliphatic rings. The molecule has 5 heteroatoms. The smallest absolute Gasteiger partial charge is 0.150 e. The van der Waals surface area contributed by atoms with Gasteiger partial charge in [-0.05, 0) is 31.5 Å². The number of methoxy groups -OCH3 is 1. The van der Waals surface area contributed by atoms with E-state index in [0.29, 0.717) is 0 Å². The van der Waals surface area contributed by atoms with Crippen LogP contribution in [0.2, 0.25) is 0 Å². The number of aromatic nitrogens is 2. The van der Waals surface area contributed by atoms with Crippen LogP contribution in [0, 0.1) is 0 Å². The van der Waals surface area contributed by atoms with Crippen molar-refractivity contribution in [3.63, 3.8) is 0 Å². The maximum atomic E-state index is 5.03. The molecule has 0 saturated carbocycles. The van der Waals surface area contributed by atoms with Crippen molar-refractivity contribution in [1.82, 2.24) is 15.5 Å². The Balaban J connectivity index is 2.38. The normalized spacial score (nSPS) is 10.6. The number of ether oxygens (including phenoxy) is 1. The van der Waals surface area contributed by atoms with E-state index in [0.717, 1.165) is 50.6 Å². The van der Waals surface area contributed by atoms with Gasteiger partial charge in [0.25, 0.3) is 0 Å². The monoisotopic (exact) mass is 252 g/mol. The Kier molecular flexibility index (Phi) is 7.29.